The van der Waals surface area contributed by atoms with E-state index >= 15 is 0 Å². The van der Waals surface area contributed by atoms with Gasteiger partial charge in [-0.15, -0.1) is 0 Å². The van der Waals surface area contributed by atoms with Crippen LogP contribution in [-0.2, 0) is 0 Å². The summed E-state index contributed by atoms with van der Waals surface area (Å²) < 4.78 is 13.3. The molecule has 0 aliphatic carbocycles. The molecule has 0 spiro atoms. The van der Waals surface area contributed by atoms with Crippen molar-refractivity contribution in [3.8, 4) is 0 Å². The third kappa shape index (κ3) is 3.47. The number of halogens is 1. The van der Waals surface area contributed by atoms with Crippen molar-refractivity contribution in [1.82, 2.24) is 0 Å². The molecule has 2 N–H and O–H groups in total. The Bertz CT molecular complexity index is 135. The molecule has 1 rings (SSSR count). The van der Waals surface area contributed by atoms with Crippen molar-refractivity contribution in [3.63, 3.8) is 0 Å². The highest BCUT2D eigenvalue weighted by Crippen LogP contribution is 2.32. The minimum Gasteiger partial charge on any atom is -0.330 e. The van der Waals surface area contributed by atoms with Crippen LogP contribution in [0.2, 0.25) is 0 Å². The van der Waals surface area contributed by atoms with E-state index in [2.05, 4.69) is 0 Å². The van der Waals surface area contributed by atoms with Gasteiger partial charge in [-0.3, -0.25) is 0 Å². The van der Waals surface area contributed by atoms with Gasteiger partial charge in [0.05, 0.1) is 0 Å². The van der Waals surface area contributed by atoms with E-state index in [1.165, 1.54) is 18.6 Å². The summed E-state index contributed by atoms with van der Waals surface area (Å²) in [6.07, 6.45) is 2.62. The second-order valence-electron chi connectivity index (χ2n) is 3.90. The largest absolute Gasteiger partial charge is 0.330 e. The summed E-state index contributed by atoms with van der Waals surface area (Å²) in [7, 11) is 0. The van der Waals surface area contributed by atoms with E-state index in [1.54, 1.807) is 6.92 Å². The van der Waals surface area contributed by atoms with E-state index in [0.29, 0.717) is 12.5 Å². The number of hydrogen-bond donors (Lipinski definition) is 1. The number of hydrogen-bond acceptors (Lipinski definition) is 2. The maximum atomic E-state index is 13.3. The van der Waals surface area contributed by atoms with Gasteiger partial charge in [0, 0.05) is 0 Å². The molecule has 3 unspecified atom stereocenters. The normalized spacial score (nSPS) is 28.4. The lowest BCUT2D eigenvalue weighted by Crippen LogP contribution is -2.29. The van der Waals surface area contributed by atoms with Crippen LogP contribution in [0.1, 0.15) is 26.2 Å². The van der Waals surface area contributed by atoms with Gasteiger partial charge in [-0.2, -0.15) is 11.8 Å². The molecular formula is C10H20FNS. The molecule has 3 heteroatoms. The summed E-state index contributed by atoms with van der Waals surface area (Å²) in [6, 6.07) is 0. The zero-order valence-corrected chi connectivity index (χ0v) is 9.15. The lowest BCUT2D eigenvalue weighted by molar-refractivity contribution is 0.174. The van der Waals surface area contributed by atoms with Crippen LogP contribution in [0.25, 0.3) is 0 Å². The summed E-state index contributed by atoms with van der Waals surface area (Å²) >= 11 is 1.97. The van der Waals surface area contributed by atoms with Gasteiger partial charge < -0.3 is 5.73 Å². The Balaban J connectivity index is 2.41. The summed E-state index contributed by atoms with van der Waals surface area (Å²) in [5.74, 6) is 3.17. The third-order valence-electron chi connectivity index (χ3n) is 2.89. The molecule has 0 saturated carbocycles. The van der Waals surface area contributed by atoms with E-state index in [-0.39, 0.29) is 5.92 Å². The first-order chi connectivity index (χ1) is 6.25. The first-order valence-electron chi connectivity index (χ1n) is 5.17. The molecule has 78 valence electrons. The van der Waals surface area contributed by atoms with Gasteiger partial charge in [0.2, 0.25) is 0 Å². The van der Waals surface area contributed by atoms with Crippen molar-refractivity contribution in [1.29, 1.82) is 0 Å². The van der Waals surface area contributed by atoms with Gasteiger partial charge >= 0.3 is 0 Å². The maximum absolute atomic E-state index is 13.3. The molecular weight excluding hydrogens is 185 g/mol. The van der Waals surface area contributed by atoms with Crippen molar-refractivity contribution in [2.75, 3.05) is 18.1 Å². The lowest BCUT2D eigenvalue weighted by Gasteiger charge is -2.30. The van der Waals surface area contributed by atoms with Gasteiger partial charge in [-0.1, -0.05) is 0 Å². The van der Waals surface area contributed by atoms with Gasteiger partial charge in [0.1, 0.15) is 6.17 Å². The van der Waals surface area contributed by atoms with Crippen LogP contribution in [0, 0.1) is 11.8 Å². The molecule has 3 atom stereocenters. The second-order valence-corrected chi connectivity index (χ2v) is 5.05. The van der Waals surface area contributed by atoms with Gasteiger partial charge in [-0.25, -0.2) is 4.39 Å². The van der Waals surface area contributed by atoms with Crippen LogP contribution < -0.4 is 5.73 Å². The number of thioether (sulfide) groups is 1. The zero-order chi connectivity index (χ0) is 9.68. The van der Waals surface area contributed by atoms with Crippen molar-refractivity contribution in [2.24, 2.45) is 17.6 Å². The predicted molar refractivity (Wildman–Crippen MR) is 57.8 cm³/mol. The van der Waals surface area contributed by atoms with E-state index in [4.69, 9.17) is 5.73 Å². The Morgan fingerprint density at radius 2 is 2.38 bits per heavy atom. The van der Waals surface area contributed by atoms with Gasteiger partial charge in [0.25, 0.3) is 0 Å². The van der Waals surface area contributed by atoms with E-state index < -0.39 is 6.17 Å². The Morgan fingerprint density at radius 1 is 1.62 bits per heavy atom. The fraction of sp³-hybridized carbons (Fsp3) is 1.00. The summed E-state index contributed by atoms with van der Waals surface area (Å²) in [5, 5.41) is 0. The zero-order valence-electron chi connectivity index (χ0n) is 8.34. The highest BCUT2D eigenvalue weighted by Gasteiger charge is 2.27. The van der Waals surface area contributed by atoms with Crippen LogP contribution in [0.15, 0.2) is 0 Å². The Morgan fingerprint density at radius 3 is 2.85 bits per heavy atom. The van der Waals surface area contributed by atoms with Crippen LogP contribution >= 0.6 is 11.8 Å². The Labute approximate surface area is 84.6 Å². The van der Waals surface area contributed by atoms with Crippen LogP contribution in [0.5, 0.6) is 0 Å². The fourth-order valence-corrected chi connectivity index (χ4v) is 3.39. The average molecular weight is 205 g/mol. The molecule has 1 heterocycles. The number of alkyl halides is 1. The number of rotatable bonds is 4. The van der Waals surface area contributed by atoms with Gasteiger partial charge in [-0.05, 0) is 56.1 Å². The Hall–Kier alpha value is 0.240. The summed E-state index contributed by atoms with van der Waals surface area (Å²) in [6.45, 7) is 2.31. The van der Waals surface area contributed by atoms with Crippen molar-refractivity contribution in [2.45, 2.75) is 32.4 Å². The molecule has 1 aliphatic rings. The smallest absolute Gasteiger partial charge is 0.100 e. The monoisotopic (exact) mass is 205 g/mol. The summed E-state index contributed by atoms with van der Waals surface area (Å²) in [4.78, 5) is 0. The molecule has 0 amide bonds. The van der Waals surface area contributed by atoms with Crippen molar-refractivity contribution < 1.29 is 4.39 Å². The fourth-order valence-electron chi connectivity index (χ4n) is 2.14. The highest BCUT2D eigenvalue weighted by atomic mass is 32.2. The molecule has 0 aromatic heterocycles. The molecule has 1 nitrogen and oxygen atoms in total. The molecule has 0 aromatic carbocycles. The third-order valence-corrected chi connectivity index (χ3v) is 4.13. The standard InChI is InChI=1S/C10H20FNS/c1-8(11)10(4-5-12)9-3-2-6-13-7-9/h8-10H,2-7,12H2,1H3. The predicted octanol–water partition coefficient (Wildman–Crippen LogP) is 2.45. The second kappa shape index (κ2) is 5.86. The molecule has 1 fully saturated rings. The SMILES string of the molecule is CC(F)C(CCN)C1CCCSC1. The van der Waals surface area contributed by atoms with E-state index in [9.17, 15) is 4.39 Å². The van der Waals surface area contributed by atoms with Gasteiger partial charge in [0.15, 0.2) is 0 Å². The molecule has 1 saturated heterocycles. The Kier molecular flexibility index (Phi) is 5.10. The van der Waals surface area contributed by atoms with Crippen molar-refractivity contribution in [3.05, 3.63) is 0 Å². The molecule has 0 aromatic rings. The first-order valence-corrected chi connectivity index (χ1v) is 6.33. The lowest BCUT2D eigenvalue weighted by atomic mass is 9.84. The molecule has 13 heavy (non-hydrogen) atoms. The van der Waals surface area contributed by atoms with Crippen LogP contribution in [-0.4, -0.2) is 24.2 Å². The van der Waals surface area contributed by atoms with E-state index in [1.807, 2.05) is 11.8 Å². The highest BCUT2D eigenvalue weighted by molar-refractivity contribution is 7.99. The first kappa shape index (κ1) is 11.3. The molecule has 0 radical (unpaired) electrons. The number of nitrogens with two attached hydrogens (primary N) is 1. The van der Waals surface area contributed by atoms with Crippen molar-refractivity contribution >= 4 is 11.8 Å². The maximum Gasteiger partial charge on any atom is 0.100 e. The minimum absolute atomic E-state index is 0.206. The van der Waals surface area contributed by atoms with Crippen LogP contribution in [0.4, 0.5) is 4.39 Å². The van der Waals surface area contributed by atoms with E-state index in [0.717, 1.165) is 12.2 Å². The summed E-state index contributed by atoms with van der Waals surface area (Å²) in [5.41, 5.74) is 5.50. The van der Waals surface area contributed by atoms with Crippen LogP contribution in [0.3, 0.4) is 0 Å². The minimum atomic E-state index is -0.688. The average Bonchev–Trinajstić information content (AvgIpc) is 2.15. The molecule has 1 aliphatic heterocycles. The topological polar surface area (TPSA) is 26.0 Å². The quantitative estimate of drug-likeness (QED) is 0.763. The molecule has 0 bridgehead atoms.